The Bertz CT molecular complexity index is 3930. The normalized spacial score (nSPS) is 10.9. The van der Waals surface area contributed by atoms with Crippen molar-refractivity contribution in [3.63, 3.8) is 0 Å². The fourth-order valence-corrected chi connectivity index (χ4v) is 11.0. The van der Waals surface area contributed by atoms with E-state index in [0.29, 0.717) is 11.5 Å². The van der Waals surface area contributed by atoms with Crippen LogP contribution in [-0.2, 0) is 0 Å². The van der Waals surface area contributed by atoms with Gasteiger partial charge in [-0.2, -0.15) is 0 Å². The second-order valence-corrected chi connectivity index (χ2v) is 20.5. The Hall–Kier alpha value is -10.6. The van der Waals surface area contributed by atoms with Gasteiger partial charge in [0.2, 0.25) is 0 Å². The third kappa shape index (κ3) is 11.1. The van der Waals surface area contributed by atoms with Crippen molar-refractivity contribution in [2.45, 2.75) is 27.7 Å². The maximum Gasteiger partial charge on any atom is 0.131 e. The molecule has 0 aliphatic rings. The van der Waals surface area contributed by atoms with Gasteiger partial charge in [0.15, 0.2) is 0 Å². The van der Waals surface area contributed by atoms with Gasteiger partial charge in [-0.25, -0.2) is 0 Å². The van der Waals surface area contributed by atoms with Gasteiger partial charge in [-0.3, -0.25) is 0 Å². The first-order valence-electron chi connectivity index (χ1n) is 27.9. The molecule has 12 aromatic carbocycles. The minimum Gasteiger partial charge on any atom is -0.457 e. The number of hydrogen-bond acceptors (Lipinski definition) is 6. The topological polar surface area (TPSA) is 25.4 Å². The molecular formula is C76H63N5O. The molecule has 0 aliphatic carbocycles. The maximum atomic E-state index is 7.31. The summed E-state index contributed by atoms with van der Waals surface area (Å²) in [7, 11) is 0. The monoisotopic (exact) mass is 1060 g/mol. The second kappa shape index (κ2) is 23.8. The van der Waals surface area contributed by atoms with E-state index in [1.807, 2.05) is 0 Å². The van der Waals surface area contributed by atoms with Gasteiger partial charge in [-0.05, 0) is 171 Å². The first-order chi connectivity index (χ1) is 40.3. The molecule has 0 aliphatic heterocycles. The Morgan fingerprint density at radius 2 is 0.415 bits per heavy atom. The van der Waals surface area contributed by atoms with Crippen molar-refractivity contribution in [1.29, 1.82) is 0 Å². The molecule has 0 bridgehead atoms. The van der Waals surface area contributed by atoms with E-state index in [1.165, 1.54) is 0 Å². The van der Waals surface area contributed by atoms with Crippen molar-refractivity contribution in [2.24, 2.45) is 0 Å². The van der Waals surface area contributed by atoms with Gasteiger partial charge in [-0.1, -0.05) is 170 Å². The fourth-order valence-electron chi connectivity index (χ4n) is 11.0. The molecule has 12 aromatic rings. The summed E-state index contributed by atoms with van der Waals surface area (Å²) in [6, 6.07) is 109. The molecule has 0 aromatic heterocycles. The van der Waals surface area contributed by atoms with Crippen LogP contribution in [0.25, 0.3) is 0 Å². The van der Waals surface area contributed by atoms with Crippen molar-refractivity contribution in [2.75, 3.05) is 24.5 Å². The van der Waals surface area contributed by atoms with E-state index in [2.05, 4.69) is 362 Å². The van der Waals surface area contributed by atoms with Gasteiger partial charge in [0, 0.05) is 75.1 Å². The summed E-state index contributed by atoms with van der Waals surface area (Å²) in [5.41, 5.74) is 19.9. The van der Waals surface area contributed by atoms with Crippen LogP contribution in [0, 0.1) is 27.7 Å². The van der Waals surface area contributed by atoms with E-state index in [0.717, 1.165) is 108 Å². The number of hydrogen-bond donors (Lipinski definition) is 0. The Morgan fingerprint density at radius 3 is 0.732 bits per heavy atom. The zero-order valence-corrected chi connectivity index (χ0v) is 46.6. The highest BCUT2D eigenvalue weighted by atomic mass is 16.5. The molecule has 0 atom stereocenters. The Balaban J connectivity index is 1.06. The van der Waals surface area contributed by atoms with Crippen LogP contribution in [0.15, 0.2) is 309 Å². The van der Waals surface area contributed by atoms with Gasteiger partial charge in [0.25, 0.3) is 0 Å². The number of para-hydroxylation sites is 9. The minimum absolute atomic E-state index is 0.678. The van der Waals surface area contributed by atoms with Gasteiger partial charge < -0.3 is 29.2 Å². The first kappa shape index (κ1) is 52.2. The van der Waals surface area contributed by atoms with E-state index < -0.39 is 0 Å². The number of ether oxygens (including phenoxy) is 1. The van der Waals surface area contributed by atoms with Crippen LogP contribution in [-0.4, -0.2) is 0 Å². The van der Waals surface area contributed by atoms with E-state index >= 15 is 0 Å². The summed E-state index contributed by atoms with van der Waals surface area (Å²) in [6.45, 7) is 8.73. The number of nitrogens with zero attached hydrogens (tertiary/aromatic N) is 5. The van der Waals surface area contributed by atoms with Crippen LogP contribution >= 0.6 is 0 Å². The lowest BCUT2D eigenvalue weighted by Crippen LogP contribution is -2.17. The molecule has 82 heavy (non-hydrogen) atoms. The van der Waals surface area contributed by atoms with Crippen molar-refractivity contribution >= 4 is 85.3 Å². The Morgan fingerprint density at radius 1 is 0.183 bits per heavy atom. The van der Waals surface area contributed by atoms with Gasteiger partial charge in [0.05, 0.1) is 28.4 Å². The van der Waals surface area contributed by atoms with Crippen molar-refractivity contribution in [3.05, 3.63) is 332 Å². The summed E-state index contributed by atoms with van der Waals surface area (Å²) in [6.07, 6.45) is 0. The summed E-state index contributed by atoms with van der Waals surface area (Å²) < 4.78 is 7.31. The highest BCUT2D eigenvalue weighted by Crippen LogP contribution is 2.49. The summed E-state index contributed by atoms with van der Waals surface area (Å²) in [5.74, 6) is 1.36. The van der Waals surface area contributed by atoms with E-state index in [4.69, 9.17) is 4.74 Å². The van der Waals surface area contributed by atoms with Crippen LogP contribution in [0.1, 0.15) is 22.3 Å². The fraction of sp³-hybridized carbons (Fsp3) is 0.0526. The van der Waals surface area contributed by atoms with E-state index in [1.54, 1.807) is 0 Å². The molecule has 0 unspecified atom stereocenters. The van der Waals surface area contributed by atoms with E-state index in [9.17, 15) is 0 Å². The SMILES string of the molecule is Cc1ccccc1N(c1cc(Oc2cccc(N(c3ccccc3)c3cc(N(c4ccccc4)c4ccccc4)cc(N(c4ccccc4C)c4ccccc4C)c3)c2)cc(N(c2ccccc2)c2ccccc2)c1)c1ccccc1C. The molecule has 12 rings (SSSR count). The molecule has 0 saturated carbocycles. The average Bonchev–Trinajstić information content (AvgIpc) is 3.65. The standard InChI is InChI=1S/C76H63N5O/c1-56-29-20-24-45-73(56)80(74-46-25-21-30-57(74)2)68-50-66(77(60-33-10-5-11-34-60)61-35-12-6-13-36-61)49-67(51-68)79(64-41-18-9-19-42-64)65-43-28-44-71(53-65)82-72-54-69(78(62-37-14-7-15-38-62)63-39-16-8-17-40-63)52-70(55-72)81(75-47-26-22-31-58(75)3)76-48-27-23-32-59(76)4/h5-55H,1-4H3. The summed E-state index contributed by atoms with van der Waals surface area (Å²) in [5, 5.41) is 0. The Kier molecular flexibility index (Phi) is 15.1. The average molecular weight is 1060 g/mol. The lowest BCUT2D eigenvalue weighted by Gasteiger charge is -2.34. The number of rotatable bonds is 17. The number of benzene rings is 12. The molecule has 0 fully saturated rings. The van der Waals surface area contributed by atoms with Crippen LogP contribution in [0.2, 0.25) is 0 Å². The molecule has 0 heterocycles. The lowest BCUT2D eigenvalue weighted by molar-refractivity contribution is 0.483. The molecule has 0 spiro atoms. The molecule has 0 N–H and O–H groups in total. The zero-order chi connectivity index (χ0) is 55.8. The molecule has 6 nitrogen and oxygen atoms in total. The first-order valence-corrected chi connectivity index (χ1v) is 27.9. The predicted octanol–water partition coefficient (Wildman–Crippen LogP) is 22.1. The zero-order valence-electron chi connectivity index (χ0n) is 46.6. The van der Waals surface area contributed by atoms with Crippen molar-refractivity contribution < 1.29 is 4.74 Å². The van der Waals surface area contributed by atoms with Crippen LogP contribution < -0.4 is 29.2 Å². The van der Waals surface area contributed by atoms with Gasteiger partial charge in [-0.15, -0.1) is 0 Å². The molecule has 6 heteroatoms. The largest absolute Gasteiger partial charge is 0.457 e. The number of aryl methyl sites for hydroxylation is 4. The van der Waals surface area contributed by atoms with Crippen LogP contribution in [0.5, 0.6) is 11.5 Å². The molecule has 0 amide bonds. The second-order valence-electron chi connectivity index (χ2n) is 20.5. The quantitative estimate of drug-likeness (QED) is 0.0901. The Labute approximate surface area is 482 Å². The van der Waals surface area contributed by atoms with E-state index in [-0.39, 0.29) is 0 Å². The molecule has 398 valence electrons. The number of anilines is 15. The predicted molar refractivity (Wildman–Crippen MR) is 345 cm³/mol. The minimum atomic E-state index is 0.678. The summed E-state index contributed by atoms with van der Waals surface area (Å²) in [4.78, 5) is 11.8. The third-order valence-electron chi connectivity index (χ3n) is 14.9. The van der Waals surface area contributed by atoms with Gasteiger partial charge >= 0.3 is 0 Å². The molecular weight excluding hydrogens is 999 g/mol. The smallest absolute Gasteiger partial charge is 0.131 e. The lowest BCUT2D eigenvalue weighted by atomic mass is 10.1. The van der Waals surface area contributed by atoms with Crippen molar-refractivity contribution in [3.8, 4) is 11.5 Å². The highest BCUT2D eigenvalue weighted by Gasteiger charge is 2.25. The maximum absolute atomic E-state index is 7.31. The van der Waals surface area contributed by atoms with Crippen LogP contribution in [0.4, 0.5) is 85.3 Å². The van der Waals surface area contributed by atoms with Gasteiger partial charge in [0.1, 0.15) is 11.5 Å². The van der Waals surface area contributed by atoms with Crippen molar-refractivity contribution in [1.82, 2.24) is 0 Å². The highest BCUT2D eigenvalue weighted by molar-refractivity contribution is 5.91. The third-order valence-corrected chi connectivity index (χ3v) is 14.9. The summed E-state index contributed by atoms with van der Waals surface area (Å²) >= 11 is 0. The van der Waals surface area contributed by atoms with Crippen LogP contribution in [0.3, 0.4) is 0 Å². The molecule has 0 radical (unpaired) electrons. The molecule has 0 saturated heterocycles.